The van der Waals surface area contributed by atoms with Crippen molar-refractivity contribution in [3.05, 3.63) is 59.7 Å². The first kappa shape index (κ1) is 26.7. The summed E-state index contributed by atoms with van der Waals surface area (Å²) in [6.07, 6.45) is 4.28. The Balaban J connectivity index is 1.21. The summed E-state index contributed by atoms with van der Waals surface area (Å²) in [6.45, 7) is 14.8. The van der Waals surface area contributed by atoms with Crippen LogP contribution in [0.5, 0.6) is 0 Å². The number of rotatable bonds is 7. The number of hydrogen-bond acceptors (Lipinski definition) is 7. The first-order chi connectivity index (χ1) is 19.2. The van der Waals surface area contributed by atoms with Crippen LogP contribution in [-0.4, -0.2) is 66.5 Å². The summed E-state index contributed by atoms with van der Waals surface area (Å²) in [6, 6.07) is 7.95. The highest BCUT2D eigenvalue weighted by atomic mass is 19.1. The molecule has 5 heterocycles. The molecule has 2 bridgehead atoms. The van der Waals surface area contributed by atoms with Gasteiger partial charge in [-0.2, -0.15) is 0 Å². The van der Waals surface area contributed by atoms with Crippen LogP contribution < -0.4 is 5.32 Å². The number of piperidine rings is 1. The molecule has 210 valence electrons. The molecular formula is C30H36F2N8. The molecule has 0 spiro atoms. The molecule has 1 aromatic carbocycles. The minimum absolute atomic E-state index is 0.0125. The van der Waals surface area contributed by atoms with Gasteiger partial charge in [0.05, 0.1) is 11.7 Å². The zero-order valence-corrected chi connectivity index (χ0v) is 23.7. The lowest BCUT2D eigenvalue weighted by atomic mass is 9.97. The van der Waals surface area contributed by atoms with E-state index in [0.717, 1.165) is 37.3 Å². The number of pyridine rings is 1. The number of aromatic nitrogens is 5. The zero-order chi connectivity index (χ0) is 28.1. The van der Waals surface area contributed by atoms with E-state index < -0.39 is 11.6 Å². The molecule has 2 aliphatic rings. The van der Waals surface area contributed by atoms with Crippen molar-refractivity contribution < 1.29 is 8.78 Å². The van der Waals surface area contributed by atoms with E-state index in [1.165, 1.54) is 19.0 Å². The average molecular weight is 547 g/mol. The molecule has 2 saturated heterocycles. The van der Waals surface area contributed by atoms with Gasteiger partial charge in [0.1, 0.15) is 22.9 Å². The number of likely N-dealkylation sites (tertiary alicyclic amines) is 2. The molecule has 6 rings (SSSR count). The molecule has 2 aliphatic heterocycles. The molecule has 0 saturated carbocycles. The van der Waals surface area contributed by atoms with Crippen molar-refractivity contribution in [3.8, 4) is 11.3 Å². The highest BCUT2D eigenvalue weighted by Crippen LogP contribution is 2.34. The summed E-state index contributed by atoms with van der Waals surface area (Å²) < 4.78 is 31.8. The van der Waals surface area contributed by atoms with Crippen molar-refractivity contribution in [3.63, 3.8) is 0 Å². The number of benzene rings is 1. The van der Waals surface area contributed by atoms with Gasteiger partial charge < -0.3 is 9.88 Å². The Hall–Kier alpha value is -3.50. The van der Waals surface area contributed by atoms with Gasteiger partial charge in [0.15, 0.2) is 11.6 Å². The fraction of sp³-hybridized carbons (Fsp3) is 0.467. The molecule has 0 radical (unpaired) electrons. The second kappa shape index (κ2) is 10.5. The molecule has 0 amide bonds. The number of likely N-dealkylation sites (N-methyl/N-ethyl adjacent to an activating group) is 1. The Bertz CT molecular complexity index is 1530. The standard InChI is InChI=1S/C30H36F2N8/c1-6-38-14-20-9-23(38)16-39(15-20)18(4)21-7-8-27(33-12-21)36-30-34-13-25(32)28(37-30)22-10-24(31)29-26(11-22)40(17(2)3)19(5)35-29/h7-8,10-13,17-18,20,23H,6,9,14-16H2,1-5H3,(H,33,34,36,37)/t18-,20-,23-/m0/s1. The molecule has 1 N–H and O–H groups in total. The molecule has 4 aromatic rings. The van der Waals surface area contributed by atoms with Gasteiger partial charge in [-0.1, -0.05) is 13.0 Å². The number of halogens is 2. The number of imidazole rings is 1. The minimum atomic E-state index is -0.633. The van der Waals surface area contributed by atoms with E-state index in [4.69, 9.17) is 0 Å². The van der Waals surface area contributed by atoms with Crippen molar-refractivity contribution in [2.75, 3.05) is 31.5 Å². The third-order valence-electron chi connectivity index (χ3n) is 8.47. The highest BCUT2D eigenvalue weighted by Gasteiger charge is 2.39. The fourth-order valence-electron chi connectivity index (χ4n) is 6.53. The third kappa shape index (κ3) is 4.83. The molecule has 0 unspecified atom stereocenters. The van der Waals surface area contributed by atoms with Gasteiger partial charge in [0, 0.05) is 49.5 Å². The van der Waals surface area contributed by atoms with Crippen molar-refractivity contribution in [1.82, 2.24) is 34.3 Å². The van der Waals surface area contributed by atoms with Crippen LogP contribution in [0.3, 0.4) is 0 Å². The van der Waals surface area contributed by atoms with Crippen LogP contribution in [0.15, 0.2) is 36.7 Å². The Morgan fingerprint density at radius 1 is 1.00 bits per heavy atom. The van der Waals surface area contributed by atoms with Gasteiger partial charge in [-0.25, -0.2) is 28.7 Å². The van der Waals surface area contributed by atoms with Crippen LogP contribution in [0.2, 0.25) is 0 Å². The highest BCUT2D eigenvalue weighted by molar-refractivity contribution is 5.83. The Morgan fingerprint density at radius 2 is 1.82 bits per heavy atom. The van der Waals surface area contributed by atoms with Crippen LogP contribution >= 0.6 is 0 Å². The maximum absolute atomic E-state index is 15.0. The van der Waals surface area contributed by atoms with Crippen LogP contribution in [0.1, 0.15) is 57.6 Å². The van der Waals surface area contributed by atoms with Gasteiger partial charge in [0.25, 0.3) is 0 Å². The molecule has 0 aliphatic carbocycles. The van der Waals surface area contributed by atoms with E-state index in [1.807, 2.05) is 37.6 Å². The smallest absolute Gasteiger partial charge is 0.229 e. The normalized spacial score (nSPS) is 20.5. The summed E-state index contributed by atoms with van der Waals surface area (Å²) in [5.74, 6) is 1.03. The van der Waals surface area contributed by atoms with Crippen molar-refractivity contribution in [2.24, 2.45) is 5.92 Å². The quantitative estimate of drug-likeness (QED) is 0.310. The largest absolute Gasteiger partial charge is 0.326 e. The van der Waals surface area contributed by atoms with E-state index in [-0.39, 0.29) is 29.2 Å². The van der Waals surface area contributed by atoms with Crippen LogP contribution in [0.25, 0.3) is 22.3 Å². The second-order valence-electron chi connectivity index (χ2n) is 11.4. The predicted octanol–water partition coefficient (Wildman–Crippen LogP) is 5.89. The maximum atomic E-state index is 15.0. The predicted molar refractivity (Wildman–Crippen MR) is 152 cm³/mol. The van der Waals surface area contributed by atoms with E-state index in [9.17, 15) is 4.39 Å². The molecule has 10 heteroatoms. The van der Waals surface area contributed by atoms with Crippen molar-refractivity contribution in [2.45, 2.75) is 59.2 Å². The molecule has 2 fully saturated rings. The lowest BCUT2D eigenvalue weighted by Crippen LogP contribution is -2.43. The monoisotopic (exact) mass is 546 g/mol. The van der Waals surface area contributed by atoms with Crippen LogP contribution in [-0.2, 0) is 0 Å². The summed E-state index contributed by atoms with van der Waals surface area (Å²) in [7, 11) is 0. The maximum Gasteiger partial charge on any atom is 0.229 e. The molecule has 8 nitrogen and oxygen atoms in total. The fourth-order valence-corrected chi connectivity index (χ4v) is 6.53. The number of anilines is 2. The average Bonchev–Trinajstić information content (AvgIpc) is 3.43. The summed E-state index contributed by atoms with van der Waals surface area (Å²) in [4.78, 5) is 22.6. The Kier molecular flexibility index (Phi) is 7.00. The number of nitrogens with one attached hydrogen (secondary N) is 1. The minimum Gasteiger partial charge on any atom is -0.326 e. The molecular weight excluding hydrogens is 510 g/mol. The van der Waals surface area contributed by atoms with Crippen LogP contribution in [0.4, 0.5) is 20.5 Å². The van der Waals surface area contributed by atoms with Gasteiger partial charge in [-0.05, 0) is 70.3 Å². The Morgan fingerprint density at radius 3 is 2.55 bits per heavy atom. The van der Waals surface area contributed by atoms with Gasteiger partial charge in [-0.3, -0.25) is 9.80 Å². The van der Waals surface area contributed by atoms with Gasteiger partial charge in [0.2, 0.25) is 5.95 Å². The van der Waals surface area contributed by atoms with E-state index >= 15 is 4.39 Å². The molecule has 3 atom stereocenters. The number of aryl methyl sites for hydroxylation is 1. The third-order valence-corrected chi connectivity index (χ3v) is 8.47. The van der Waals surface area contributed by atoms with E-state index in [2.05, 4.69) is 55.0 Å². The lowest BCUT2D eigenvalue weighted by Gasteiger charge is -2.37. The first-order valence-electron chi connectivity index (χ1n) is 14.1. The van der Waals surface area contributed by atoms with E-state index in [1.54, 1.807) is 6.07 Å². The Labute approximate surface area is 233 Å². The topological polar surface area (TPSA) is 75.0 Å². The van der Waals surface area contributed by atoms with Gasteiger partial charge >= 0.3 is 0 Å². The van der Waals surface area contributed by atoms with Gasteiger partial charge in [-0.15, -0.1) is 0 Å². The SMILES string of the molecule is CCN1C[C@@H]2C[C@H]1CN([C@@H](C)c1ccc(Nc3ncc(F)c(-c4cc(F)c5nc(C)n(C(C)C)c5c4)n3)nc1)C2. The second-order valence-corrected chi connectivity index (χ2v) is 11.4. The summed E-state index contributed by atoms with van der Waals surface area (Å²) in [5, 5.41) is 3.08. The number of nitrogens with zero attached hydrogens (tertiary/aromatic N) is 7. The lowest BCUT2D eigenvalue weighted by molar-refractivity contribution is 0.127. The zero-order valence-electron chi connectivity index (χ0n) is 23.7. The number of hydrogen-bond donors (Lipinski definition) is 1. The number of fused-ring (bicyclic) bond motifs is 3. The molecule has 40 heavy (non-hydrogen) atoms. The van der Waals surface area contributed by atoms with Crippen LogP contribution in [0, 0.1) is 24.5 Å². The first-order valence-corrected chi connectivity index (χ1v) is 14.1. The summed E-state index contributed by atoms with van der Waals surface area (Å²) >= 11 is 0. The molecule has 3 aromatic heterocycles. The summed E-state index contributed by atoms with van der Waals surface area (Å²) in [5.41, 5.74) is 2.35. The van der Waals surface area contributed by atoms with Crippen molar-refractivity contribution >= 4 is 22.8 Å². The van der Waals surface area contributed by atoms with E-state index in [0.29, 0.717) is 28.8 Å². The van der Waals surface area contributed by atoms with Crippen molar-refractivity contribution in [1.29, 1.82) is 0 Å².